The first kappa shape index (κ1) is 6.40. The van der Waals surface area contributed by atoms with Crippen LogP contribution < -0.4 is 0 Å². The summed E-state index contributed by atoms with van der Waals surface area (Å²) >= 11 is 0. The fourth-order valence-corrected chi connectivity index (χ4v) is 1.14. The third-order valence-electron chi connectivity index (χ3n) is 1.82. The van der Waals surface area contributed by atoms with Gasteiger partial charge in [-0.25, -0.2) is 4.98 Å². The standard InChI is InChI=1S/C9H10N2.H2/c1-7-2-4-8-9(5-3-7)11-6-10-8;/h2-7H,1H3,(H,10,11);1H. The van der Waals surface area contributed by atoms with E-state index < -0.39 is 0 Å². The maximum atomic E-state index is 4.16. The molecule has 0 aliphatic heterocycles. The summed E-state index contributed by atoms with van der Waals surface area (Å²) in [6, 6.07) is 0. The molecule has 1 N–H and O–H groups in total. The van der Waals surface area contributed by atoms with Crippen molar-refractivity contribution in [3.05, 3.63) is 29.9 Å². The second-order valence-corrected chi connectivity index (χ2v) is 2.78. The van der Waals surface area contributed by atoms with E-state index in [4.69, 9.17) is 0 Å². The molecule has 0 saturated carbocycles. The van der Waals surface area contributed by atoms with Crippen molar-refractivity contribution in [2.45, 2.75) is 6.92 Å². The minimum absolute atomic E-state index is 0. The molecule has 1 aliphatic rings. The molecule has 1 aliphatic carbocycles. The molecule has 58 valence electrons. The minimum Gasteiger partial charge on any atom is -0.345 e. The number of hydrogen-bond acceptors (Lipinski definition) is 1. The first-order valence-electron chi connectivity index (χ1n) is 3.76. The van der Waals surface area contributed by atoms with E-state index in [1.165, 1.54) is 0 Å². The first-order valence-corrected chi connectivity index (χ1v) is 3.76. The number of nitrogens with zero attached hydrogens (tertiary/aromatic N) is 1. The smallest absolute Gasteiger partial charge is 0.0931 e. The molecule has 0 bridgehead atoms. The van der Waals surface area contributed by atoms with Gasteiger partial charge in [0.2, 0.25) is 0 Å². The topological polar surface area (TPSA) is 28.7 Å². The van der Waals surface area contributed by atoms with Crippen LogP contribution in [0.3, 0.4) is 0 Å². The van der Waals surface area contributed by atoms with Gasteiger partial charge in [0.1, 0.15) is 0 Å². The lowest BCUT2D eigenvalue weighted by Gasteiger charge is -1.91. The molecule has 0 aromatic carbocycles. The van der Waals surface area contributed by atoms with Crippen LogP contribution in [0.1, 0.15) is 19.7 Å². The molecule has 0 saturated heterocycles. The highest BCUT2D eigenvalue weighted by atomic mass is 14.9. The van der Waals surface area contributed by atoms with E-state index in [9.17, 15) is 0 Å². The van der Waals surface area contributed by atoms with Gasteiger partial charge in [0.15, 0.2) is 0 Å². The number of aromatic nitrogens is 2. The normalized spacial score (nSPS) is 16.5. The maximum Gasteiger partial charge on any atom is 0.0931 e. The van der Waals surface area contributed by atoms with Crippen LogP contribution >= 0.6 is 0 Å². The molecule has 0 amide bonds. The molecule has 11 heavy (non-hydrogen) atoms. The van der Waals surface area contributed by atoms with Crippen molar-refractivity contribution in [3.8, 4) is 0 Å². The molecule has 2 nitrogen and oxygen atoms in total. The number of nitrogens with one attached hydrogen (secondary N) is 1. The summed E-state index contributed by atoms with van der Waals surface area (Å²) in [5.74, 6) is 0.512. The van der Waals surface area contributed by atoms with E-state index in [1.807, 2.05) is 0 Å². The van der Waals surface area contributed by atoms with Crippen LogP contribution in [0.2, 0.25) is 0 Å². The highest BCUT2D eigenvalue weighted by molar-refractivity contribution is 5.62. The monoisotopic (exact) mass is 148 g/mol. The predicted molar refractivity (Wildman–Crippen MR) is 47.9 cm³/mol. The van der Waals surface area contributed by atoms with E-state index >= 15 is 0 Å². The number of H-pyrrole nitrogens is 1. The Morgan fingerprint density at radius 3 is 3.18 bits per heavy atom. The van der Waals surface area contributed by atoms with E-state index in [-0.39, 0.29) is 1.43 Å². The fraction of sp³-hybridized carbons (Fsp3) is 0.222. The van der Waals surface area contributed by atoms with Gasteiger partial charge in [0, 0.05) is 1.43 Å². The molecular formula is C9H12N2. The van der Waals surface area contributed by atoms with Crippen LogP contribution in [0, 0.1) is 5.92 Å². The van der Waals surface area contributed by atoms with Gasteiger partial charge >= 0.3 is 0 Å². The van der Waals surface area contributed by atoms with Crippen molar-refractivity contribution >= 4 is 12.2 Å². The first-order chi connectivity index (χ1) is 5.36. The zero-order valence-electron chi connectivity index (χ0n) is 6.41. The summed E-state index contributed by atoms with van der Waals surface area (Å²) in [5, 5.41) is 0. The average molecular weight is 148 g/mol. The van der Waals surface area contributed by atoms with Gasteiger partial charge in [-0.2, -0.15) is 0 Å². The lowest BCUT2D eigenvalue weighted by Crippen LogP contribution is -1.77. The van der Waals surface area contributed by atoms with Gasteiger partial charge in [-0.3, -0.25) is 0 Å². The average Bonchev–Trinajstić information content (AvgIpc) is 2.38. The highest BCUT2D eigenvalue weighted by Gasteiger charge is 2.02. The largest absolute Gasteiger partial charge is 0.345 e. The lowest BCUT2D eigenvalue weighted by molar-refractivity contribution is 0.953. The molecule has 0 spiro atoms. The van der Waals surface area contributed by atoms with E-state index in [0.717, 1.165) is 11.4 Å². The number of allylic oxidation sites excluding steroid dienone is 2. The van der Waals surface area contributed by atoms with E-state index in [2.05, 4.69) is 41.2 Å². The molecule has 2 heteroatoms. The van der Waals surface area contributed by atoms with Crippen LogP contribution in [0.25, 0.3) is 12.2 Å². The number of aromatic amines is 1. The molecular weight excluding hydrogens is 136 g/mol. The highest BCUT2D eigenvalue weighted by Crippen LogP contribution is 2.15. The predicted octanol–water partition coefficient (Wildman–Crippen LogP) is 2.33. The summed E-state index contributed by atoms with van der Waals surface area (Å²) in [5.41, 5.74) is 2.14. The van der Waals surface area contributed by atoms with Gasteiger partial charge < -0.3 is 4.98 Å². The molecule has 0 fully saturated rings. The zero-order chi connectivity index (χ0) is 7.68. The molecule has 1 atom stereocenters. The van der Waals surface area contributed by atoms with Crippen molar-refractivity contribution in [2.24, 2.45) is 5.92 Å². The van der Waals surface area contributed by atoms with Crippen LogP contribution in [0.4, 0.5) is 0 Å². The molecule has 0 radical (unpaired) electrons. The molecule has 1 aromatic heterocycles. The Morgan fingerprint density at radius 2 is 2.27 bits per heavy atom. The summed E-state index contributed by atoms with van der Waals surface area (Å²) < 4.78 is 0. The van der Waals surface area contributed by atoms with E-state index in [0.29, 0.717) is 5.92 Å². The minimum atomic E-state index is 0. The lowest BCUT2D eigenvalue weighted by atomic mass is 10.2. The second kappa shape index (κ2) is 2.38. The molecule has 1 unspecified atom stereocenters. The quantitative estimate of drug-likeness (QED) is 0.601. The van der Waals surface area contributed by atoms with Crippen LogP contribution in [-0.4, -0.2) is 9.97 Å². The van der Waals surface area contributed by atoms with Crippen molar-refractivity contribution in [2.75, 3.05) is 0 Å². The molecule has 2 rings (SSSR count). The number of fused-ring (bicyclic) bond motifs is 1. The van der Waals surface area contributed by atoms with Gasteiger partial charge in [-0.05, 0) is 18.1 Å². The Labute approximate surface area is 67.1 Å². The molecule has 1 heterocycles. The van der Waals surface area contributed by atoms with Gasteiger partial charge in [-0.1, -0.05) is 19.1 Å². The second-order valence-electron chi connectivity index (χ2n) is 2.78. The van der Waals surface area contributed by atoms with Crippen LogP contribution in [0.15, 0.2) is 18.5 Å². The fourth-order valence-electron chi connectivity index (χ4n) is 1.14. The zero-order valence-corrected chi connectivity index (χ0v) is 6.41. The SMILES string of the molecule is CC1C=Cc2nc[nH]c2C=C1.[HH]. The van der Waals surface area contributed by atoms with Crippen LogP contribution in [-0.2, 0) is 0 Å². The number of imidazole rings is 1. The number of hydrogen-bond donors (Lipinski definition) is 1. The number of rotatable bonds is 0. The summed E-state index contributed by atoms with van der Waals surface area (Å²) in [4.78, 5) is 7.23. The van der Waals surface area contributed by atoms with Gasteiger partial charge in [0.05, 0.1) is 17.7 Å². The molecule has 1 aromatic rings. The Bertz CT molecular complexity index is 284. The van der Waals surface area contributed by atoms with Crippen LogP contribution in [0.5, 0.6) is 0 Å². The third kappa shape index (κ3) is 1.11. The summed E-state index contributed by atoms with van der Waals surface area (Å²) in [6.45, 7) is 2.15. The van der Waals surface area contributed by atoms with Crippen molar-refractivity contribution in [1.29, 1.82) is 0 Å². The Morgan fingerprint density at radius 1 is 1.45 bits per heavy atom. The Balaban J connectivity index is 0.000000720. The van der Waals surface area contributed by atoms with Crippen molar-refractivity contribution in [3.63, 3.8) is 0 Å². The third-order valence-corrected chi connectivity index (χ3v) is 1.82. The van der Waals surface area contributed by atoms with E-state index in [1.54, 1.807) is 6.33 Å². The van der Waals surface area contributed by atoms with Gasteiger partial charge in [0.25, 0.3) is 0 Å². The Kier molecular flexibility index (Phi) is 1.39. The Hall–Kier alpha value is -1.31. The summed E-state index contributed by atoms with van der Waals surface area (Å²) in [7, 11) is 0. The van der Waals surface area contributed by atoms with Crippen molar-refractivity contribution < 1.29 is 1.43 Å². The maximum absolute atomic E-state index is 4.16. The van der Waals surface area contributed by atoms with Gasteiger partial charge in [-0.15, -0.1) is 0 Å². The summed E-state index contributed by atoms with van der Waals surface area (Å²) in [6.07, 6.45) is 10.1. The van der Waals surface area contributed by atoms with Crippen molar-refractivity contribution in [1.82, 2.24) is 9.97 Å².